The van der Waals surface area contributed by atoms with Crippen LogP contribution in [0.15, 0.2) is 29.4 Å². The number of thiophene rings is 1. The summed E-state index contributed by atoms with van der Waals surface area (Å²) in [6.45, 7) is 3.80. The molecule has 0 unspecified atom stereocenters. The average Bonchev–Trinajstić information content (AvgIpc) is 3.37. The monoisotopic (exact) mass is 512 g/mol. The summed E-state index contributed by atoms with van der Waals surface area (Å²) in [4.78, 5) is 38.4. The third kappa shape index (κ3) is 5.57. The SMILES string of the molecule is Cc1ccc(C(=O)N[C@@H](C)c2nnc(SCC(=O)Nc3sc4c(c3C(N)=O)CCCC4)n2C)cc1. The fourth-order valence-corrected chi connectivity index (χ4v) is 6.11. The number of fused-ring (bicyclic) bond motifs is 1. The Morgan fingerprint density at radius 2 is 1.89 bits per heavy atom. The van der Waals surface area contributed by atoms with Crippen LogP contribution in [0, 0.1) is 6.92 Å². The van der Waals surface area contributed by atoms with Crippen LogP contribution in [0.4, 0.5) is 5.00 Å². The quantitative estimate of drug-likeness (QED) is 0.397. The van der Waals surface area contributed by atoms with Crippen molar-refractivity contribution >= 4 is 45.8 Å². The van der Waals surface area contributed by atoms with Crippen molar-refractivity contribution in [1.82, 2.24) is 20.1 Å². The van der Waals surface area contributed by atoms with Gasteiger partial charge in [-0.3, -0.25) is 14.4 Å². The van der Waals surface area contributed by atoms with Gasteiger partial charge in [0.1, 0.15) is 5.00 Å². The van der Waals surface area contributed by atoms with Crippen molar-refractivity contribution in [2.45, 2.75) is 50.7 Å². The molecule has 1 aliphatic carbocycles. The first-order chi connectivity index (χ1) is 16.7. The molecule has 2 heterocycles. The van der Waals surface area contributed by atoms with Crippen molar-refractivity contribution in [2.24, 2.45) is 12.8 Å². The van der Waals surface area contributed by atoms with Gasteiger partial charge >= 0.3 is 0 Å². The molecular formula is C24H28N6O3S2. The number of benzene rings is 1. The van der Waals surface area contributed by atoms with Gasteiger partial charge in [-0.1, -0.05) is 29.5 Å². The summed E-state index contributed by atoms with van der Waals surface area (Å²) >= 11 is 2.67. The molecule has 2 aromatic heterocycles. The Balaban J connectivity index is 1.37. The van der Waals surface area contributed by atoms with Gasteiger partial charge < -0.3 is 20.9 Å². The second-order valence-corrected chi connectivity index (χ2v) is 10.6. The molecule has 0 bridgehead atoms. The van der Waals surface area contributed by atoms with Crippen LogP contribution >= 0.6 is 23.1 Å². The number of amides is 3. The molecule has 4 rings (SSSR count). The second kappa shape index (κ2) is 10.6. The first kappa shape index (κ1) is 24.9. The number of aromatic nitrogens is 3. The van der Waals surface area contributed by atoms with E-state index in [2.05, 4.69) is 20.8 Å². The van der Waals surface area contributed by atoms with E-state index in [1.807, 2.05) is 26.0 Å². The molecule has 1 atom stereocenters. The lowest BCUT2D eigenvalue weighted by atomic mass is 9.95. The Hall–Kier alpha value is -3.18. The van der Waals surface area contributed by atoms with Crippen LogP contribution in [-0.2, 0) is 24.7 Å². The number of rotatable bonds is 8. The predicted octanol–water partition coefficient (Wildman–Crippen LogP) is 3.38. The minimum Gasteiger partial charge on any atom is -0.365 e. The fraction of sp³-hybridized carbons (Fsp3) is 0.375. The normalized spacial score (nSPS) is 13.7. The minimum absolute atomic E-state index is 0.0941. The number of nitrogens with one attached hydrogen (secondary N) is 2. The van der Waals surface area contributed by atoms with Crippen molar-refractivity contribution in [2.75, 3.05) is 11.1 Å². The number of anilines is 1. The first-order valence-electron chi connectivity index (χ1n) is 11.4. The van der Waals surface area contributed by atoms with E-state index in [-0.39, 0.29) is 23.6 Å². The van der Waals surface area contributed by atoms with Crippen LogP contribution in [0.5, 0.6) is 0 Å². The lowest BCUT2D eigenvalue weighted by molar-refractivity contribution is -0.113. The highest BCUT2D eigenvalue weighted by Crippen LogP contribution is 2.38. The molecule has 184 valence electrons. The third-order valence-corrected chi connectivity index (χ3v) is 8.15. The largest absolute Gasteiger partial charge is 0.365 e. The van der Waals surface area contributed by atoms with Crippen LogP contribution in [0.1, 0.15) is 68.4 Å². The molecule has 3 aromatic rings. The van der Waals surface area contributed by atoms with Gasteiger partial charge in [0.25, 0.3) is 11.8 Å². The average molecular weight is 513 g/mol. The van der Waals surface area contributed by atoms with E-state index < -0.39 is 5.91 Å². The summed E-state index contributed by atoms with van der Waals surface area (Å²) < 4.78 is 1.76. The molecule has 0 fully saturated rings. The van der Waals surface area contributed by atoms with Gasteiger partial charge in [-0.05, 0) is 57.2 Å². The van der Waals surface area contributed by atoms with Gasteiger partial charge in [-0.25, -0.2) is 0 Å². The Morgan fingerprint density at radius 1 is 1.17 bits per heavy atom. The maximum atomic E-state index is 12.7. The molecule has 0 spiro atoms. The molecule has 0 saturated carbocycles. The van der Waals surface area contributed by atoms with Crippen molar-refractivity contribution < 1.29 is 14.4 Å². The van der Waals surface area contributed by atoms with E-state index >= 15 is 0 Å². The molecule has 35 heavy (non-hydrogen) atoms. The van der Waals surface area contributed by atoms with Gasteiger partial charge in [0, 0.05) is 17.5 Å². The smallest absolute Gasteiger partial charge is 0.251 e. The number of carbonyl (C=O) groups excluding carboxylic acids is 3. The molecule has 1 aromatic carbocycles. The molecule has 1 aliphatic rings. The van der Waals surface area contributed by atoms with E-state index in [9.17, 15) is 14.4 Å². The Morgan fingerprint density at radius 3 is 2.60 bits per heavy atom. The molecule has 0 radical (unpaired) electrons. The van der Waals surface area contributed by atoms with Crippen LogP contribution < -0.4 is 16.4 Å². The van der Waals surface area contributed by atoms with Crippen molar-refractivity contribution in [3.8, 4) is 0 Å². The second-order valence-electron chi connectivity index (χ2n) is 8.58. The number of primary amides is 1. The van der Waals surface area contributed by atoms with E-state index in [0.717, 1.165) is 41.7 Å². The molecule has 11 heteroatoms. The summed E-state index contributed by atoms with van der Waals surface area (Å²) in [5.74, 6) is -0.279. The number of hydrogen-bond donors (Lipinski definition) is 3. The summed E-state index contributed by atoms with van der Waals surface area (Å²) in [6.07, 6.45) is 3.82. The number of hydrogen-bond acceptors (Lipinski definition) is 7. The highest BCUT2D eigenvalue weighted by molar-refractivity contribution is 7.99. The third-order valence-electron chi connectivity index (χ3n) is 5.92. The van der Waals surface area contributed by atoms with E-state index in [1.165, 1.54) is 23.1 Å². The lowest BCUT2D eigenvalue weighted by Gasteiger charge is -2.13. The minimum atomic E-state index is -0.507. The summed E-state index contributed by atoms with van der Waals surface area (Å²) in [7, 11) is 1.79. The molecule has 3 amide bonds. The lowest BCUT2D eigenvalue weighted by Crippen LogP contribution is -2.28. The Kier molecular flexibility index (Phi) is 7.56. The van der Waals surface area contributed by atoms with Crippen LogP contribution in [0.25, 0.3) is 0 Å². The summed E-state index contributed by atoms with van der Waals surface area (Å²) in [6, 6.07) is 6.96. The van der Waals surface area contributed by atoms with E-state index in [1.54, 1.807) is 23.7 Å². The van der Waals surface area contributed by atoms with Gasteiger partial charge in [0.15, 0.2) is 11.0 Å². The molecule has 4 N–H and O–H groups in total. The molecule has 0 aliphatic heterocycles. The molecule has 0 saturated heterocycles. The van der Waals surface area contributed by atoms with Crippen molar-refractivity contribution in [1.29, 1.82) is 0 Å². The van der Waals surface area contributed by atoms with Crippen LogP contribution in [0.2, 0.25) is 0 Å². The van der Waals surface area contributed by atoms with Crippen LogP contribution in [0.3, 0.4) is 0 Å². The zero-order valence-electron chi connectivity index (χ0n) is 19.9. The maximum Gasteiger partial charge on any atom is 0.251 e. The van der Waals surface area contributed by atoms with E-state index in [0.29, 0.717) is 27.1 Å². The summed E-state index contributed by atoms with van der Waals surface area (Å²) in [5, 5.41) is 15.3. The van der Waals surface area contributed by atoms with E-state index in [4.69, 9.17) is 5.73 Å². The Labute approximate surface area is 211 Å². The zero-order valence-corrected chi connectivity index (χ0v) is 21.5. The van der Waals surface area contributed by atoms with Gasteiger partial charge in [-0.15, -0.1) is 21.5 Å². The Bertz CT molecular complexity index is 1270. The number of carbonyl (C=O) groups is 3. The number of thioether (sulfide) groups is 1. The maximum absolute atomic E-state index is 12.7. The first-order valence-corrected chi connectivity index (χ1v) is 13.2. The topological polar surface area (TPSA) is 132 Å². The zero-order chi connectivity index (χ0) is 25.1. The van der Waals surface area contributed by atoms with Gasteiger partial charge in [-0.2, -0.15) is 0 Å². The highest BCUT2D eigenvalue weighted by Gasteiger charge is 2.25. The van der Waals surface area contributed by atoms with Gasteiger partial charge in [0.05, 0.1) is 17.4 Å². The standard InChI is InChI=1S/C24H28N6O3S2/c1-13-8-10-15(11-9-13)22(33)26-14(2)21-28-29-24(30(21)3)34-12-18(31)27-23-19(20(25)32)16-6-4-5-7-17(16)35-23/h8-11,14H,4-7,12H2,1-3H3,(H2,25,32)(H,26,33)(H,27,31)/t14-/m0/s1. The fourth-order valence-electron chi connectivity index (χ4n) is 4.09. The van der Waals surface area contributed by atoms with Crippen molar-refractivity contribution in [3.63, 3.8) is 0 Å². The number of aryl methyl sites for hydroxylation is 2. The van der Waals surface area contributed by atoms with Crippen molar-refractivity contribution in [3.05, 3.63) is 57.2 Å². The number of nitrogens with two attached hydrogens (primary N) is 1. The number of nitrogens with zero attached hydrogens (tertiary/aromatic N) is 3. The highest BCUT2D eigenvalue weighted by atomic mass is 32.2. The molecule has 9 nitrogen and oxygen atoms in total. The molecular weight excluding hydrogens is 484 g/mol. The van der Waals surface area contributed by atoms with Crippen LogP contribution in [-0.4, -0.2) is 38.2 Å². The van der Waals surface area contributed by atoms with Gasteiger partial charge in [0.2, 0.25) is 5.91 Å². The summed E-state index contributed by atoms with van der Waals surface area (Å²) in [5.41, 5.74) is 8.69. The predicted molar refractivity (Wildman–Crippen MR) is 137 cm³/mol.